The number of nitrogens with one attached hydrogen (secondary N) is 1. The number of nitrogens with zero attached hydrogens (tertiary/aromatic N) is 1. The molecule has 1 aliphatic rings. The molecule has 0 bridgehead atoms. The maximum Gasteiger partial charge on any atom is 0.321 e. The average molecular weight is 334 g/mol. The van der Waals surface area contributed by atoms with E-state index in [9.17, 15) is 4.79 Å². The Balaban J connectivity index is 1.51. The summed E-state index contributed by atoms with van der Waals surface area (Å²) in [5.74, 6) is 3.82. The van der Waals surface area contributed by atoms with Crippen molar-refractivity contribution >= 4 is 35.2 Å². The zero-order chi connectivity index (χ0) is 15.2. The van der Waals surface area contributed by atoms with Crippen LogP contribution in [0.2, 0.25) is 0 Å². The number of furan rings is 1. The molecule has 4 nitrogen and oxygen atoms in total. The smallest absolute Gasteiger partial charge is 0.321 e. The Morgan fingerprint density at radius 1 is 1.23 bits per heavy atom. The molecular formula is C16H18N2O2S2. The molecule has 6 heteroatoms. The van der Waals surface area contributed by atoms with Crippen molar-refractivity contribution in [3.8, 4) is 0 Å². The molecule has 3 rings (SSSR count). The molecule has 1 saturated heterocycles. The van der Waals surface area contributed by atoms with Crippen molar-refractivity contribution in [3.05, 3.63) is 48.4 Å². The van der Waals surface area contributed by atoms with Crippen molar-refractivity contribution in [2.24, 2.45) is 0 Å². The number of amides is 2. The van der Waals surface area contributed by atoms with E-state index in [1.54, 1.807) is 18.0 Å². The molecule has 1 fully saturated rings. The summed E-state index contributed by atoms with van der Waals surface area (Å²) in [5, 5.41) is 2.96. The zero-order valence-corrected chi connectivity index (χ0v) is 13.8. The standard InChI is InChI=1S/C16H18N2O2S2/c19-16(18-7-10-21-11-8-18)17-13-3-5-15(6-4-13)22-12-14-2-1-9-20-14/h1-6,9H,7-8,10-12H2,(H,17,19). The van der Waals surface area contributed by atoms with Gasteiger partial charge in [-0.05, 0) is 36.4 Å². The molecule has 1 aromatic carbocycles. The summed E-state index contributed by atoms with van der Waals surface area (Å²) in [6.07, 6.45) is 1.69. The number of anilines is 1. The topological polar surface area (TPSA) is 45.5 Å². The van der Waals surface area contributed by atoms with Gasteiger partial charge in [0.25, 0.3) is 0 Å². The lowest BCUT2D eigenvalue weighted by molar-refractivity contribution is 0.217. The largest absolute Gasteiger partial charge is 0.468 e. The molecule has 1 aliphatic heterocycles. The second kappa shape index (κ2) is 7.65. The molecule has 0 saturated carbocycles. The predicted molar refractivity (Wildman–Crippen MR) is 92.6 cm³/mol. The quantitative estimate of drug-likeness (QED) is 0.853. The molecule has 2 heterocycles. The fraction of sp³-hybridized carbons (Fsp3) is 0.312. The molecule has 0 radical (unpaired) electrons. The highest BCUT2D eigenvalue weighted by Gasteiger charge is 2.16. The number of thioether (sulfide) groups is 2. The Bertz CT molecular complexity index is 593. The zero-order valence-electron chi connectivity index (χ0n) is 12.2. The molecule has 0 aliphatic carbocycles. The highest BCUT2D eigenvalue weighted by atomic mass is 32.2. The number of hydrogen-bond donors (Lipinski definition) is 1. The Hall–Kier alpha value is -1.53. The summed E-state index contributed by atoms with van der Waals surface area (Å²) < 4.78 is 5.31. The van der Waals surface area contributed by atoms with Gasteiger partial charge in [0.2, 0.25) is 0 Å². The number of urea groups is 1. The Morgan fingerprint density at radius 2 is 2.00 bits per heavy atom. The second-order valence-corrected chi connectivity index (χ2v) is 7.20. The summed E-state index contributed by atoms with van der Waals surface area (Å²) in [5.41, 5.74) is 0.838. The fourth-order valence-corrected chi connectivity index (χ4v) is 3.86. The summed E-state index contributed by atoms with van der Waals surface area (Å²) in [6, 6.07) is 11.8. The minimum atomic E-state index is -0.00344. The van der Waals surface area contributed by atoms with Crippen LogP contribution in [0.25, 0.3) is 0 Å². The van der Waals surface area contributed by atoms with Crippen molar-refractivity contribution in [2.45, 2.75) is 10.6 Å². The van der Waals surface area contributed by atoms with E-state index in [-0.39, 0.29) is 6.03 Å². The van der Waals surface area contributed by atoms with Gasteiger partial charge in [0.15, 0.2) is 0 Å². The van der Waals surface area contributed by atoms with Crippen LogP contribution in [0.1, 0.15) is 5.76 Å². The molecule has 22 heavy (non-hydrogen) atoms. The van der Waals surface area contributed by atoms with Crippen LogP contribution < -0.4 is 5.32 Å². The van der Waals surface area contributed by atoms with Crippen LogP contribution in [0.15, 0.2) is 52.0 Å². The first kappa shape index (κ1) is 15.4. The van der Waals surface area contributed by atoms with Gasteiger partial charge in [-0.25, -0.2) is 4.79 Å². The number of carbonyl (C=O) groups is 1. The van der Waals surface area contributed by atoms with Crippen LogP contribution in [0.3, 0.4) is 0 Å². The predicted octanol–water partition coefficient (Wildman–Crippen LogP) is 4.15. The Labute approximate surface area is 138 Å². The third-order valence-electron chi connectivity index (χ3n) is 3.37. The van der Waals surface area contributed by atoms with Crippen molar-refractivity contribution in [1.29, 1.82) is 0 Å². The SMILES string of the molecule is O=C(Nc1ccc(SCc2ccco2)cc1)N1CCSCC1. The monoisotopic (exact) mass is 334 g/mol. The Morgan fingerprint density at radius 3 is 2.68 bits per heavy atom. The van der Waals surface area contributed by atoms with E-state index >= 15 is 0 Å². The molecule has 1 N–H and O–H groups in total. The maximum atomic E-state index is 12.1. The lowest BCUT2D eigenvalue weighted by atomic mass is 10.3. The number of rotatable bonds is 4. The van der Waals surface area contributed by atoms with Crippen LogP contribution in [0.5, 0.6) is 0 Å². The van der Waals surface area contributed by atoms with Crippen molar-refractivity contribution in [1.82, 2.24) is 4.90 Å². The highest BCUT2D eigenvalue weighted by molar-refractivity contribution is 7.99. The van der Waals surface area contributed by atoms with Crippen LogP contribution in [-0.2, 0) is 5.75 Å². The van der Waals surface area contributed by atoms with Gasteiger partial charge in [-0.15, -0.1) is 11.8 Å². The van der Waals surface area contributed by atoms with Crippen molar-refractivity contribution in [3.63, 3.8) is 0 Å². The lowest BCUT2D eigenvalue weighted by Gasteiger charge is -2.26. The van der Waals surface area contributed by atoms with E-state index in [1.165, 1.54) is 0 Å². The Kier molecular flexibility index (Phi) is 5.34. The average Bonchev–Trinajstić information content (AvgIpc) is 3.08. The molecule has 2 amide bonds. The summed E-state index contributed by atoms with van der Waals surface area (Å²) >= 11 is 3.61. The first-order valence-electron chi connectivity index (χ1n) is 7.20. The highest BCUT2D eigenvalue weighted by Crippen LogP contribution is 2.24. The van der Waals surface area contributed by atoms with E-state index in [4.69, 9.17) is 4.42 Å². The van der Waals surface area contributed by atoms with Gasteiger partial charge < -0.3 is 14.6 Å². The molecule has 2 aromatic rings. The van der Waals surface area contributed by atoms with E-state index in [1.807, 2.05) is 53.1 Å². The van der Waals surface area contributed by atoms with Gasteiger partial charge >= 0.3 is 6.03 Å². The third kappa shape index (κ3) is 4.24. The van der Waals surface area contributed by atoms with Crippen molar-refractivity contribution in [2.75, 3.05) is 29.9 Å². The normalized spacial score (nSPS) is 14.8. The van der Waals surface area contributed by atoms with E-state index in [0.29, 0.717) is 0 Å². The van der Waals surface area contributed by atoms with E-state index < -0.39 is 0 Å². The molecule has 0 unspecified atom stereocenters. The van der Waals surface area contributed by atoms with Gasteiger partial charge in [-0.1, -0.05) is 0 Å². The number of benzene rings is 1. The molecule has 0 atom stereocenters. The number of carbonyl (C=O) groups excluding carboxylic acids is 1. The van der Waals surface area contributed by atoms with E-state index in [2.05, 4.69) is 5.32 Å². The van der Waals surface area contributed by atoms with Gasteiger partial charge in [0.05, 0.1) is 12.0 Å². The maximum absolute atomic E-state index is 12.1. The second-order valence-electron chi connectivity index (χ2n) is 4.92. The van der Waals surface area contributed by atoms with Gasteiger partial charge in [0, 0.05) is 35.2 Å². The minimum absolute atomic E-state index is 0.00344. The summed E-state index contributed by atoms with van der Waals surface area (Å²) in [7, 11) is 0. The molecule has 1 aromatic heterocycles. The summed E-state index contributed by atoms with van der Waals surface area (Å²) in [6.45, 7) is 1.65. The van der Waals surface area contributed by atoms with Gasteiger partial charge in [-0.3, -0.25) is 0 Å². The number of hydrogen-bond acceptors (Lipinski definition) is 4. The van der Waals surface area contributed by atoms with Gasteiger partial charge in [-0.2, -0.15) is 11.8 Å². The van der Waals surface area contributed by atoms with Crippen molar-refractivity contribution < 1.29 is 9.21 Å². The third-order valence-corrected chi connectivity index (χ3v) is 5.34. The van der Waals surface area contributed by atoms with Crippen LogP contribution in [0.4, 0.5) is 10.5 Å². The first-order valence-corrected chi connectivity index (χ1v) is 9.34. The first-order chi connectivity index (χ1) is 10.8. The van der Waals surface area contributed by atoms with Crippen LogP contribution in [-0.4, -0.2) is 35.5 Å². The molecular weight excluding hydrogens is 316 g/mol. The summed E-state index contributed by atoms with van der Waals surface area (Å²) in [4.78, 5) is 15.1. The lowest BCUT2D eigenvalue weighted by Crippen LogP contribution is -2.40. The molecule has 0 spiro atoms. The van der Waals surface area contributed by atoms with E-state index in [0.717, 1.165) is 46.7 Å². The fourth-order valence-electron chi connectivity index (χ4n) is 2.15. The minimum Gasteiger partial charge on any atom is -0.468 e. The van der Waals surface area contributed by atoms with Crippen LogP contribution >= 0.6 is 23.5 Å². The molecule has 116 valence electrons. The van der Waals surface area contributed by atoms with Crippen LogP contribution in [0, 0.1) is 0 Å². The van der Waals surface area contributed by atoms with Gasteiger partial charge in [0.1, 0.15) is 5.76 Å².